The molecule has 144 valence electrons. The van der Waals surface area contributed by atoms with E-state index in [0.29, 0.717) is 12.3 Å². The van der Waals surface area contributed by atoms with Crippen LogP contribution < -0.4 is 4.74 Å². The maximum absolute atomic E-state index is 9.74. The Kier molecular flexibility index (Phi) is 5.42. The van der Waals surface area contributed by atoms with Gasteiger partial charge in [-0.1, -0.05) is 54.6 Å². The van der Waals surface area contributed by atoms with E-state index >= 15 is 0 Å². The van der Waals surface area contributed by atoms with Crippen molar-refractivity contribution in [2.24, 2.45) is 0 Å². The van der Waals surface area contributed by atoms with E-state index in [2.05, 4.69) is 0 Å². The normalized spacial score (nSPS) is 14.9. The second-order valence-electron chi connectivity index (χ2n) is 6.05. The molecule has 0 atom stereocenters. The molecule has 2 N–H and O–H groups in total. The standard InChI is InChI=1S/C24H23ClO3/c25-15-14-23(18-4-2-1-3-5-18)24(19-6-10-21(27)11-7-19)20-8-12-22(13-9-20)28-17-16-26/h1-13,26-27H,14-17H2/b24-23-/i16+1D2,17+1D2. The van der Waals surface area contributed by atoms with E-state index in [1.54, 1.807) is 24.3 Å². The van der Waals surface area contributed by atoms with Gasteiger partial charge in [0.1, 0.15) is 18.1 Å². The fourth-order valence-corrected chi connectivity index (χ4v) is 3.25. The van der Waals surface area contributed by atoms with Crippen molar-refractivity contribution < 1.29 is 20.4 Å². The van der Waals surface area contributed by atoms with Gasteiger partial charge in [0, 0.05) is 5.88 Å². The van der Waals surface area contributed by atoms with Crippen molar-refractivity contribution in [1.82, 2.24) is 0 Å². The lowest BCUT2D eigenvalue weighted by Crippen LogP contribution is -2.01. The van der Waals surface area contributed by atoms with Crippen LogP contribution in [-0.4, -0.2) is 29.2 Å². The van der Waals surface area contributed by atoms with Crippen LogP contribution in [0.4, 0.5) is 0 Å². The van der Waals surface area contributed by atoms with Gasteiger partial charge in [-0.05, 0) is 58.5 Å². The minimum atomic E-state index is -3.16. The minimum Gasteiger partial charge on any atom is -0.508 e. The predicted molar refractivity (Wildman–Crippen MR) is 115 cm³/mol. The molecule has 3 rings (SSSR count). The summed E-state index contributed by atoms with van der Waals surface area (Å²) in [6.07, 6.45) is 0.591. The van der Waals surface area contributed by atoms with E-state index in [0.717, 1.165) is 27.8 Å². The molecule has 3 aromatic carbocycles. The van der Waals surface area contributed by atoms with Crippen LogP contribution in [0.5, 0.6) is 11.5 Å². The minimum absolute atomic E-state index is 0.0698. The van der Waals surface area contributed by atoms with Crippen molar-refractivity contribution >= 4 is 22.7 Å². The van der Waals surface area contributed by atoms with Crippen LogP contribution >= 0.6 is 11.6 Å². The van der Waals surface area contributed by atoms with E-state index in [4.69, 9.17) is 21.8 Å². The Balaban J connectivity index is 2.11. The first-order valence-electron chi connectivity index (χ1n) is 10.8. The molecule has 0 saturated carbocycles. The van der Waals surface area contributed by atoms with Crippen LogP contribution in [0.15, 0.2) is 78.9 Å². The number of alkyl halides is 1. The molecule has 0 saturated heterocycles. The quantitative estimate of drug-likeness (QED) is 0.304. The highest BCUT2D eigenvalue weighted by molar-refractivity contribution is 6.18. The van der Waals surface area contributed by atoms with Crippen molar-refractivity contribution in [3.63, 3.8) is 0 Å². The van der Waals surface area contributed by atoms with Crippen molar-refractivity contribution in [2.75, 3.05) is 19.0 Å². The molecule has 3 aromatic rings. The summed E-state index contributed by atoms with van der Waals surface area (Å²) < 4.78 is 34.7. The third kappa shape index (κ3) is 4.94. The summed E-state index contributed by atoms with van der Waals surface area (Å²) in [5.41, 5.74) is 4.56. The molecule has 0 unspecified atom stereocenters. The Bertz CT molecular complexity index is 1060. The summed E-state index contributed by atoms with van der Waals surface area (Å²) >= 11 is 6.14. The first kappa shape index (κ1) is 15.2. The molecule has 0 heterocycles. The number of hydrogen-bond donors (Lipinski definition) is 2. The molecule has 28 heavy (non-hydrogen) atoms. The number of halogens is 1. The van der Waals surface area contributed by atoms with E-state index in [-0.39, 0.29) is 11.5 Å². The van der Waals surface area contributed by atoms with Crippen LogP contribution in [0.1, 0.15) is 28.6 Å². The molecule has 0 bridgehead atoms. The summed E-state index contributed by atoms with van der Waals surface area (Å²) in [6.45, 7) is -6.08. The zero-order valence-corrected chi connectivity index (χ0v) is 15.9. The number of ether oxygens (including phenoxy) is 1. The smallest absolute Gasteiger partial charge is 0.119 e. The van der Waals surface area contributed by atoms with Gasteiger partial charge in [-0.3, -0.25) is 0 Å². The molecule has 3 nitrogen and oxygen atoms in total. The zero-order valence-electron chi connectivity index (χ0n) is 19.1. The summed E-state index contributed by atoms with van der Waals surface area (Å²) in [5.74, 6) is 0.620. The Morgan fingerprint density at radius 3 is 2.04 bits per heavy atom. The van der Waals surface area contributed by atoms with Gasteiger partial charge < -0.3 is 14.9 Å². The van der Waals surface area contributed by atoms with Crippen LogP contribution in [0.25, 0.3) is 11.1 Å². The molecule has 0 aliphatic heterocycles. The molecule has 0 radical (unpaired) electrons. The Morgan fingerprint density at radius 1 is 0.857 bits per heavy atom. The fraction of sp³-hybridized carbons (Fsp3) is 0.167. The SMILES string of the molecule is [2H][13C]([2H])(O)[13C]([2H])([2H])Oc1ccc(/C(=C(/CCCl)c2ccccc2)c2ccc(O)cc2)cc1. The molecule has 4 heteroatoms. The Morgan fingerprint density at radius 2 is 1.46 bits per heavy atom. The monoisotopic (exact) mass is 400 g/mol. The second-order valence-corrected chi connectivity index (χ2v) is 6.42. The highest BCUT2D eigenvalue weighted by Crippen LogP contribution is 2.35. The summed E-state index contributed by atoms with van der Waals surface area (Å²) in [4.78, 5) is 0. The molecular formula is C24H23ClO3. The number of allylic oxidation sites excluding steroid dienone is 1. The topological polar surface area (TPSA) is 49.7 Å². The molecule has 0 fully saturated rings. The first-order chi connectivity index (χ1) is 15.1. The van der Waals surface area contributed by atoms with E-state index < -0.39 is 13.1 Å². The van der Waals surface area contributed by atoms with Gasteiger partial charge in [0.05, 0.1) is 12.0 Å². The number of phenolic OH excluding ortho intramolecular Hbond substituents is 1. The second kappa shape index (κ2) is 9.98. The van der Waals surface area contributed by atoms with Crippen molar-refractivity contribution in [1.29, 1.82) is 0 Å². The highest BCUT2D eigenvalue weighted by Gasteiger charge is 2.14. The fourth-order valence-electron chi connectivity index (χ4n) is 3.06. The molecule has 0 aromatic heterocycles. The molecular weight excluding hydrogens is 374 g/mol. The van der Waals surface area contributed by atoms with Gasteiger partial charge >= 0.3 is 0 Å². The number of phenols is 1. The van der Waals surface area contributed by atoms with E-state index in [1.807, 2.05) is 42.5 Å². The van der Waals surface area contributed by atoms with Gasteiger partial charge in [-0.25, -0.2) is 0 Å². The molecule has 0 aliphatic rings. The number of aliphatic hydroxyl groups is 1. The number of hydrogen-bond acceptors (Lipinski definition) is 3. The van der Waals surface area contributed by atoms with E-state index in [9.17, 15) is 10.2 Å². The van der Waals surface area contributed by atoms with Gasteiger partial charge in [0.25, 0.3) is 0 Å². The Hall–Kier alpha value is -2.75. The van der Waals surface area contributed by atoms with Gasteiger partial charge in [0.2, 0.25) is 0 Å². The molecule has 0 spiro atoms. The van der Waals surface area contributed by atoms with Crippen molar-refractivity contribution in [3.8, 4) is 11.5 Å². The number of benzene rings is 3. The van der Waals surface area contributed by atoms with Crippen molar-refractivity contribution in [2.45, 2.75) is 6.42 Å². The van der Waals surface area contributed by atoms with Gasteiger partial charge in [-0.2, -0.15) is 0 Å². The maximum atomic E-state index is 9.74. The Labute approximate surface area is 176 Å². The summed E-state index contributed by atoms with van der Waals surface area (Å²) in [7, 11) is 0. The lowest BCUT2D eigenvalue weighted by molar-refractivity contribution is 0.201. The molecule has 0 aliphatic carbocycles. The lowest BCUT2D eigenvalue weighted by atomic mass is 9.88. The lowest BCUT2D eigenvalue weighted by Gasteiger charge is -2.17. The summed E-state index contributed by atoms with van der Waals surface area (Å²) in [5, 5.41) is 19.1. The maximum Gasteiger partial charge on any atom is 0.119 e. The average Bonchev–Trinajstić information content (AvgIpc) is 2.75. The third-order valence-corrected chi connectivity index (χ3v) is 4.47. The zero-order chi connectivity index (χ0) is 23.4. The largest absolute Gasteiger partial charge is 0.508 e. The van der Waals surface area contributed by atoms with Crippen LogP contribution in [0.3, 0.4) is 0 Å². The first-order valence-corrected chi connectivity index (χ1v) is 9.31. The van der Waals surface area contributed by atoms with Crippen LogP contribution in [-0.2, 0) is 0 Å². The number of aromatic hydroxyl groups is 1. The summed E-state index contributed by atoms with van der Waals surface area (Å²) in [6, 6.07) is 23.1. The van der Waals surface area contributed by atoms with Gasteiger partial charge in [-0.15, -0.1) is 11.6 Å². The highest BCUT2D eigenvalue weighted by atomic mass is 35.5. The average molecular weight is 401 g/mol. The van der Waals surface area contributed by atoms with E-state index in [1.165, 1.54) is 12.1 Å². The number of rotatable bonds is 8. The van der Waals surface area contributed by atoms with Crippen LogP contribution in [0, 0.1) is 0 Å². The third-order valence-electron chi connectivity index (χ3n) is 4.28. The molecule has 0 amide bonds. The van der Waals surface area contributed by atoms with Gasteiger partial charge in [0.15, 0.2) is 0 Å². The van der Waals surface area contributed by atoms with Crippen LogP contribution in [0.2, 0.25) is 0 Å². The predicted octanol–water partition coefficient (Wildman–Crippen LogP) is 5.35. The van der Waals surface area contributed by atoms with Crippen molar-refractivity contribution in [3.05, 3.63) is 95.6 Å².